The Morgan fingerprint density at radius 1 is 1.14 bits per heavy atom. The summed E-state index contributed by atoms with van der Waals surface area (Å²) in [6, 6.07) is 13.1. The minimum absolute atomic E-state index is 0.151. The van der Waals surface area contributed by atoms with E-state index in [-0.39, 0.29) is 30.7 Å². The van der Waals surface area contributed by atoms with Crippen LogP contribution in [0.15, 0.2) is 59.2 Å². The number of aliphatic hydroxyl groups is 1. The van der Waals surface area contributed by atoms with Gasteiger partial charge in [-0.05, 0) is 48.6 Å². The van der Waals surface area contributed by atoms with Crippen molar-refractivity contribution in [2.24, 2.45) is 11.7 Å². The summed E-state index contributed by atoms with van der Waals surface area (Å²) < 4.78 is 12.0. The van der Waals surface area contributed by atoms with Gasteiger partial charge in [-0.25, -0.2) is 4.98 Å². The number of nitrogens with zero attached hydrogens (tertiary/aromatic N) is 1. The van der Waals surface area contributed by atoms with Gasteiger partial charge in [0.05, 0.1) is 6.61 Å². The first-order valence-corrected chi connectivity index (χ1v) is 13.9. The van der Waals surface area contributed by atoms with Crippen molar-refractivity contribution >= 4 is 29.1 Å². The summed E-state index contributed by atoms with van der Waals surface area (Å²) >= 11 is 0. The number of fused-ring (bicyclic) bond motifs is 2. The van der Waals surface area contributed by atoms with E-state index in [1.807, 2.05) is 56.3 Å². The van der Waals surface area contributed by atoms with E-state index < -0.39 is 23.6 Å². The van der Waals surface area contributed by atoms with E-state index in [9.17, 15) is 19.5 Å². The number of amides is 3. The molecule has 4 heterocycles. The zero-order valence-electron chi connectivity index (χ0n) is 23.8. The van der Waals surface area contributed by atoms with Gasteiger partial charge < -0.3 is 35.9 Å². The minimum Gasteiger partial charge on any atom is -0.469 e. The second kappa shape index (κ2) is 11.7. The molecule has 1 aromatic heterocycles. The fourth-order valence-corrected chi connectivity index (χ4v) is 5.45. The second-order valence-corrected chi connectivity index (χ2v) is 11.1. The molecule has 3 atom stereocenters. The maximum Gasteiger partial charge on any atom is 0.246 e. The lowest BCUT2D eigenvalue weighted by Gasteiger charge is -2.26. The highest BCUT2D eigenvalue weighted by atomic mass is 16.5. The summed E-state index contributed by atoms with van der Waals surface area (Å²) in [6.45, 7) is 5.25. The number of nitrogens with two attached hydrogens (primary N) is 1. The van der Waals surface area contributed by atoms with Gasteiger partial charge in [-0.3, -0.25) is 14.4 Å². The average molecular weight is 574 g/mol. The van der Waals surface area contributed by atoms with E-state index >= 15 is 0 Å². The van der Waals surface area contributed by atoms with Crippen LogP contribution in [0.25, 0.3) is 5.70 Å². The first kappa shape index (κ1) is 28.9. The number of aliphatic hydroxyl groups excluding tert-OH is 1. The topological polar surface area (TPSA) is 169 Å². The lowest BCUT2D eigenvalue weighted by molar-refractivity contribution is -0.127. The Balaban J connectivity index is 0.000000451. The summed E-state index contributed by atoms with van der Waals surface area (Å²) in [4.78, 5) is 40.0. The Bertz CT molecular complexity index is 1550. The Kier molecular flexibility index (Phi) is 8.04. The van der Waals surface area contributed by atoms with E-state index in [2.05, 4.69) is 27.0 Å². The summed E-state index contributed by atoms with van der Waals surface area (Å²) in [5.74, 6) is 0.434. The summed E-state index contributed by atoms with van der Waals surface area (Å²) in [5, 5.41) is 18.6. The molecule has 6 N–H and O–H groups in total. The third-order valence-corrected chi connectivity index (χ3v) is 7.40. The standard InChI is InChI=1S/C26H24N4O5.C5H11NO/c1-14-23(33)29-20(24-28-16(12-31)13-34-24)11-26-17-4-2-3-5-19(17)30-25(26)35-21-8-6-15(10-18(21)26)7-9-22(32)27-14;1-4(2)3-5(6)7/h2-6,8,10-11,13-14,25,30-31H,7,9,12H2,1H3,(H,27,32)(H,29,33);4H,3H2,1-2H3,(H2,6,7)/b20-11+;. The molecule has 220 valence electrons. The molecule has 2 bridgehead atoms. The van der Waals surface area contributed by atoms with Gasteiger partial charge >= 0.3 is 0 Å². The molecule has 42 heavy (non-hydrogen) atoms. The van der Waals surface area contributed by atoms with Crippen molar-refractivity contribution in [2.75, 3.05) is 5.32 Å². The van der Waals surface area contributed by atoms with Crippen molar-refractivity contribution in [3.05, 3.63) is 83.1 Å². The van der Waals surface area contributed by atoms with E-state index in [1.165, 1.54) is 6.26 Å². The number of hydrogen-bond acceptors (Lipinski definition) is 8. The van der Waals surface area contributed by atoms with Gasteiger partial charge in [0.1, 0.15) is 34.9 Å². The minimum atomic E-state index is -0.798. The summed E-state index contributed by atoms with van der Waals surface area (Å²) in [5.41, 5.74) is 8.54. The van der Waals surface area contributed by atoms with E-state index in [0.29, 0.717) is 30.2 Å². The molecule has 2 aromatic carbocycles. The van der Waals surface area contributed by atoms with Crippen LogP contribution >= 0.6 is 0 Å². The number of para-hydroxylation sites is 1. The lowest BCUT2D eigenvalue weighted by atomic mass is 9.74. The molecular weight excluding hydrogens is 538 g/mol. The molecule has 0 aliphatic carbocycles. The molecule has 3 unspecified atom stereocenters. The molecular formula is C31H35N5O6. The number of primary amides is 1. The van der Waals surface area contributed by atoms with Gasteiger partial charge in [0, 0.05) is 24.1 Å². The van der Waals surface area contributed by atoms with Gasteiger partial charge in [0.2, 0.25) is 23.6 Å². The first-order valence-electron chi connectivity index (χ1n) is 13.9. The van der Waals surface area contributed by atoms with Gasteiger partial charge in [0.25, 0.3) is 0 Å². The second-order valence-electron chi connectivity index (χ2n) is 11.1. The number of anilines is 1. The van der Waals surface area contributed by atoms with Crippen LogP contribution in [-0.2, 0) is 32.8 Å². The van der Waals surface area contributed by atoms with E-state index in [4.69, 9.17) is 14.9 Å². The Morgan fingerprint density at radius 2 is 1.93 bits per heavy atom. The number of aryl methyl sites for hydroxylation is 1. The highest BCUT2D eigenvalue weighted by Gasteiger charge is 2.55. The van der Waals surface area contributed by atoms with Gasteiger partial charge in [-0.1, -0.05) is 44.2 Å². The number of hydrogen-bond donors (Lipinski definition) is 5. The number of ether oxygens (including phenoxy) is 1. The monoisotopic (exact) mass is 573 g/mol. The quantitative estimate of drug-likeness (QED) is 0.317. The van der Waals surface area contributed by atoms with Crippen LogP contribution in [0.5, 0.6) is 5.75 Å². The maximum atomic E-state index is 13.1. The molecule has 0 fully saturated rings. The molecule has 11 nitrogen and oxygen atoms in total. The number of nitrogens with one attached hydrogen (secondary N) is 3. The zero-order valence-corrected chi connectivity index (χ0v) is 23.8. The number of oxazole rings is 1. The van der Waals surface area contributed by atoms with Gasteiger partial charge in [0.15, 0.2) is 6.23 Å². The molecule has 0 saturated carbocycles. The van der Waals surface area contributed by atoms with Crippen molar-refractivity contribution in [1.82, 2.24) is 15.6 Å². The molecule has 3 aromatic rings. The third-order valence-electron chi connectivity index (χ3n) is 7.40. The average Bonchev–Trinajstić information content (AvgIpc) is 3.62. The number of benzene rings is 2. The molecule has 0 saturated heterocycles. The summed E-state index contributed by atoms with van der Waals surface area (Å²) in [7, 11) is 0. The van der Waals surface area contributed by atoms with Crippen LogP contribution in [0.2, 0.25) is 0 Å². The SMILES string of the molecule is CC(C)CC(N)=O.CC1NC(=O)CCc2ccc3c(c2)C2(/C=C(\c4nc(CO)co4)NC1=O)c1ccccc1NC2O3. The van der Waals surface area contributed by atoms with Crippen LogP contribution < -0.4 is 26.4 Å². The van der Waals surface area contributed by atoms with Gasteiger partial charge in [-0.2, -0.15) is 0 Å². The molecule has 11 heteroatoms. The molecule has 3 aliphatic heterocycles. The Hall–Kier alpha value is -4.64. The number of aromatic nitrogens is 1. The van der Waals surface area contributed by atoms with Crippen LogP contribution in [0.4, 0.5) is 5.69 Å². The van der Waals surface area contributed by atoms with Crippen molar-refractivity contribution in [2.45, 2.75) is 64.3 Å². The van der Waals surface area contributed by atoms with E-state index in [0.717, 1.165) is 28.1 Å². The third kappa shape index (κ3) is 5.60. The number of rotatable bonds is 4. The fraction of sp³-hybridized carbons (Fsp3) is 0.355. The fourth-order valence-electron chi connectivity index (χ4n) is 5.45. The van der Waals surface area contributed by atoms with Crippen molar-refractivity contribution < 1.29 is 28.6 Å². The number of carbonyl (C=O) groups excluding carboxylic acids is 3. The summed E-state index contributed by atoms with van der Waals surface area (Å²) in [6.07, 6.45) is 4.07. The predicted octanol–water partition coefficient (Wildman–Crippen LogP) is 2.72. The van der Waals surface area contributed by atoms with Crippen molar-refractivity contribution in [1.29, 1.82) is 0 Å². The molecule has 3 amide bonds. The van der Waals surface area contributed by atoms with E-state index in [1.54, 1.807) is 6.92 Å². The van der Waals surface area contributed by atoms with Crippen LogP contribution in [0.1, 0.15) is 61.9 Å². The molecule has 1 spiro atoms. The lowest BCUT2D eigenvalue weighted by Crippen LogP contribution is -2.45. The highest BCUT2D eigenvalue weighted by Crippen LogP contribution is 2.55. The van der Waals surface area contributed by atoms with Crippen molar-refractivity contribution in [3.8, 4) is 5.75 Å². The van der Waals surface area contributed by atoms with Crippen LogP contribution in [0.3, 0.4) is 0 Å². The van der Waals surface area contributed by atoms with Crippen LogP contribution in [0, 0.1) is 5.92 Å². The largest absolute Gasteiger partial charge is 0.469 e. The molecule has 0 radical (unpaired) electrons. The van der Waals surface area contributed by atoms with Crippen molar-refractivity contribution in [3.63, 3.8) is 0 Å². The van der Waals surface area contributed by atoms with Crippen LogP contribution in [-0.4, -0.2) is 40.1 Å². The first-order chi connectivity index (χ1) is 20.1. The normalized spacial score (nSPS) is 23.6. The Morgan fingerprint density at radius 3 is 2.62 bits per heavy atom. The molecule has 6 rings (SSSR count). The predicted molar refractivity (Wildman–Crippen MR) is 155 cm³/mol. The highest BCUT2D eigenvalue weighted by molar-refractivity contribution is 5.93. The Labute approximate surface area is 243 Å². The number of carbonyl (C=O) groups is 3. The smallest absolute Gasteiger partial charge is 0.246 e. The van der Waals surface area contributed by atoms with Gasteiger partial charge in [-0.15, -0.1) is 0 Å². The zero-order chi connectivity index (χ0) is 30.0. The maximum absolute atomic E-state index is 13.1. The molecule has 3 aliphatic rings.